The highest BCUT2D eigenvalue weighted by Crippen LogP contribution is 2.33. The molecule has 1 aromatic rings. The fourth-order valence-corrected chi connectivity index (χ4v) is 3.08. The minimum Gasteiger partial charge on any atom is -0.489 e. The first kappa shape index (κ1) is 14.3. The van der Waals surface area contributed by atoms with E-state index >= 15 is 0 Å². The van der Waals surface area contributed by atoms with Crippen molar-refractivity contribution in [2.24, 2.45) is 5.92 Å². The summed E-state index contributed by atoms with van der Waals surface area (Å²) in [4.78, 5) is 16.6. The number of carbonyl (C=O) groups excluding carboxylic acids is 1. The summed E-state index contributed by atoms with van der Waals surface area (Å²) in [6.07, 6.45) is 2.72. The zero-order chi connectivity index (χ0) is 14.8. The Morgan fingerprint density at radius 2 is 2.10 bits per heavy atom. The molecule has 4 nitrogen and oxygen atoms in total. The first-order valence-corrected chi connectivity index (χ1v) is 7.55. The van der Waals surface area contributed by atoms with Gasteiger partial charge in [0.2, 0.25) is 5.91 Å². The van der Waals surface area contributed by atoms with E-state index in [1.54, 1.807) is 11.0 Å². The number of nitrogens with zero attached hydrogens (tertiary/aromatic N) is 2. The second kappa shape index (κ2) is 6.02. The predicted octanol–water partition coefficient (Wildman–Crippen LogP) is 2.28. The van der Waals surface area contributed by atoms with Crippen molar-refractivity contribution in [3.63, 3.8) is 0 Å². The fraction of sp³-hybridized carbons (Fsp3) is 0.562. The Bertz CT molecular complexity index is 527. The van der Waals surface area contributed by atoms with Gasteiger partial charge in [-0.3, -0.25) is 4.79 Å². The number of hydrogen-bond acceptors (Lipinski definition) is 3. The Hall–Kier alpha value is -1.62. The Balaban J connectivity index is 1.69. The van der Waals surface area contributed by atoms with Gasteiger partial charge in [-0.05, 0) is 51.0 Å². The molecule has 5 heteroatoms. The van der Waals surface area contributed by atoms with E-state index in [4.69, 9.17) is 4.74 Å². The number of anilines is 1. The fourth-order valence-electron chi connectivity index (χ4n) is 3.08. The average molecular weight is 292 g/mol. The zero-order valence-corrected chi connectivity index (χ0v) is 12.3. The van der Waals surface area contributed by atoms with Crippen LogP contribution in [0.5, 0.6) is 5.75 Å². The van der Waals surface area contributed by atoms with Gasteiger partial charge in [0, 0.05) is 12.5 Å². The minimum atomic E-state index is -0.335. The van der Waals surface area contributed by atoms with E-state index in [2.05, 4.69) is 11.9 Å². The monoisotopic (exact) mass is 292 g/mol. The quantitative estimate of drug-likeness (QED) is 0.838. The standard InChI is InChI=1S/C16H21FN2O2/c1-18-6-4-12(5-7-18)10-16(20)19-8-9-21-15-11-13(17)2-3-14(15)19/h2-3,11-12H,4-10H2,1H3. The molecule has 1 fully saturated rings. The highest BCUT2D eigenvalue weighted by atomic mass is 19.1. The number of carbonyl (C=O) groups is 1. The van der Waals surface area contributed by atoms with Crippen LogP contribution in [0.1, 0.15) is 19.3 Å². The number of likely N-dealkylation sites (tertiary alicyclic amines) is 1. The third-order valence-electron chi connectivity index (χ3n) is 4.39. The second-order valence-corrected chi connectivity index (χ2v) is 5.96. The Labute approximate surface area is 124 Å². The number of ether oxygens (including phenoxy) is 1. The van der Waals surface area contributed by atoms with E-state index in [9.17, 15) is 9.18 Å². The number of halogens is 1. The molecule has 2 aliphatic rings. The van der Waals surface area contributed by atoms with E-state index in [1.165, 1.54) is 12.1 Å². The summed E-state index contributed by atoms with van der Waals surface area (Å²) in [6, 6.07) is 4.37. The molecule has 0 aromatic heterocycles. The van der Waals surface area contributed by atoms with Crippen LogP contribution in [0.2, 0.25) is 0 Å². The van der Waals surface area contributed by atoms with Crippen LogP contribution in [-0.2, 0) is 4.79 Å². The lowest BCUT2D eigenvalue weighted by Gasteiger charge is -2.33. The summed E-state index contributed by atoms with van der Waals surface area (Å²) < 4.78 is 18.7. The lowest BCUT2D eigenvalue weighted by Crippen LogP contribution is -2.40. The van der Waals surface area contributed by atoms with Crippen molar-refractivity contribution in [3.05, 3.63) is 24.0 Å². The van der Waals surface area contributed by atoms with E-state index < -0.39 is 0 Å². The van der Waals surface area contributed by atoms with Gasteiger partial charge in [-0.25, -0.2) is 4.39 Å². The first-order chi connectivity index (χ1) is 10.1. The Morgan fingerprint density at radius 1 is 1.33 bits per heavy atom. The number of rotatable bonds is 2. The molecule has 0 radical (unpaired) electrons. The van der Waals surface area contributed by atoms with E-state index in [-0.39, 0.29) is 11.7 Å². The van der Waals surface area contributed by atoms with Crippen LogP contribution in [0.15, 0.2) is 18.2 Å². The van der Waals surface area contributed by atoms with Gasteiger partial charge < -0.3 is 14.5 Å². The molecule has 0 aliphatic carbocycles. The Kier molecular flexibility index (Phi) is 4.10. The summed E-state index contributed by atoms with van der Waals surface area (Å²) in [5.74, 6) is 0.720. The van der Waals surface area contributed by atoms with Gasteiger partial charge in [-0.2, -0.15) is 0 Å². The maximum atomic E-state index is 13.2. The molecule has 21 heavy (non-hydrogen) atoms. The number of piperidine rings is 1. The summed E-state index contributed by atoms with van der Waals surface area (Å²) in [6.45, 7) is 3.09. The maximum Gasteiger partial charge on any atom is 0.227 e. The van der Waals surface area contributed by atoms with Crippen LogP contribution in [0.3, 0.4) is 0 Å². The number of amides is 1. The van der Waals surface area contributed by atoms with E-state index in [1.807, 2.05) is 0 Å². The molecule has 0 spiro atoms. The highest BCUT2D eigenvalue weighted by Gasteiger charge is 2.27. The van der Waals surface area contributed by atoms with Crippen molar-refractivity contribution in [1.29, 1.82) is 0 Å². The number of hydrogen-bond donors (Lipinski definition) is 0. The van der Waals surface area contributed by atoms with Crippen LogP contribution >= 0.6 is 0 Å². The van der Waals surface area contributed by atoms with E-state index in [0.29, 0.717) is 36.9 Å². The third kappa shape index (κ3) is 3.18. The molecule has 114 valence electrons. The van der Waals surface area contributed by atoms with Crippen molar-refractivity contribution in [2.75, 3.05) is 38.2 Å². The topological polar surface area (TPSA) is 32.8 Å². The lowest BCUT2D eigenvalue weighted by atomic mass is 9.93. The third-order valence-corrected chi connectivity index (χ3v) is 4.39. The van der Waals surface area contributed by atoms with Crippen LogP contribution in [0.25, 0.3) is 0 Å². The molecule has 0 bridgehead atoms. The van der Waals surface area contributed by atoms with Crippen LogP contribution < -0.4 is 9.64 Å². The summed E-state index contributed by atoms with van der Waals surface area (Å²) in [7, 11) is 2.12. The van der Waals surface area contributed by atoms with Gasteiger partial charge in [0.25, 0.3) is 0 Å². The van der Waals surface area contributed by atoms with Crippen LogP contribution in [-0.4, -0.2) is 44.1 Å². The summed E-state index contributed by atoms with van der Waals surface area (Å²) >= 11 is 0. The van der Waals surface area contributed by atoms with Gasteiger partial charge in [0.1, 0.15) is 18.2 Å². The van der Waals surface area contributed by atoms with Crippen molar-refractivity contribution >= 4 is 11.6 Å². The normalized spacial score (nSPS) is 20.0. The summed E-state index contributed by atoms with van der Waals surface area (Å²) in [5.41, 5.74) is 0.695. The number of benzene rings is 1. The average Bonchev–Trinajstić information content (AvgIpc) is 2.48. The minimum absolute atomic E-state index is 0.126. The molecular formula is C16H21FN2O2. The first-order valence-electron chi connectivity index (χ1n) is 7.55. The predicted molar refractivity (Wildman–Crippen MR) is 79.1 cm³/mol. The molecule has 0 atom stereocenters. The van der Waals surface area contributed by atoms with Crippen molar-refractivity contribution in [2.45, 2.75) is 19.3 Å². The molecule has 0 unspecified atom stereocenters. The van der Waals surface area contributed by atoms with Crippen molar-refractivity contribution in [3.8, 4) is 5.75 Å². The Morgan fingerprint density at radius 3 is 2.86 bits per heavy atom. The molecule has 1 amide bonds. The molecule has 3 rings (SSSR count). The zero-order valence-electron chi connectivity index (χ0n) is 12.3. The number of fused-ring (bicyclic) bond motifs is 1. The van der Waals surface area contributed by atoms with Crippen molar-refractivity contribution in [1.82, 2.24) is 4.90 Å². The van der Waals surface area contributed by atoms with Gasteiger partial charge >= 0.3 is 0 Å². The van der Waals surface area contributed by atoms with E-state index in [0.717, 1.165) is 25.9 Å². The molecule has 2 aliphatic heterocycles. The lowest BCUT2D eigenvalue weighted by molar-refractivity contribution is -0.120. The molecule has 2 heterocycles. The van der Waals surface area contributed by atoms with Crippen LogP contribution in [0.4, 0.5) is 10.1 Å². The van der Waals surface area contributed by atoms with Gasteiger partial charge in [-0.1, -0.05) is 0 Å². The van der Waals surface area contributed by atoms with Gasteiger partial charge in [-0.15, -0.1) is 0 Å². The molecular weight excluding hydrogens is 271 g/mol. The maximum absolute atomic E-state index is 13.2. The largest absolute Gasteiger partial charge is 0.489 e. The molecule has 1 saturated heterocycles. The smallest absolute Gasteiger partial charge is 0.227 e. The second-order valence-electron chi connectivity index (χ2n) is 5.96. The SMILES string of the molecule is CN1CCC(CC(=O)N2CCOc3cc(F)ccc32)CC1. The molecule has 0 saturated carbocycles. The van der Waals surface area contributed by atoms with Crippen LogP contribution in [0, 0.1) is 11.7 Å². The highest BCUT2D eigenvalue weighted by molar-refractivity contribution is 5.95. The van der Waals surface area contributed by atoms with Gasteiger partial charge in [0.05, 0.1) is 12.2 Å². The molecule has 0 N–H and O–H groups in total. The molecule has 1 aromatic carbocycles. The van der Waals surface area contributed by atoms with Gasteiger partial charge in [0.15, 0.2) is 0 Å². The van der Waals surface area contributed by atoms with Crippen molar-refractivity contribution < 1.29 is 13.9 Å². The summed E-state index contributed by atoms with van der Waals surface area (Å²) in [5, 5.41) is 0.